The minimum atomic E-state index is 0.209. The Morgan fingerprint density at radius 2 is 2.21 bits per heavy atom. The van der Waals surface area contributed by atoms with Crippen LogP contribution in [0.15, 0.2) is 35.5 Å². The van der Waals surface area contributed by atoms with Crippen LogP contribution < -0.4 is 10.5 Å². The summed E-state index contributed by atoms with van der Waals surface area (Å²) in [6.45, 7) is 10.4. The molecule has 0 radical (unpaired) electrons. The topological polar surface area (TPSA) is 71.2 Å². The van der Waals surface area contributed by atoms with Crippen molar-refractivity contribution in [2.75, 3.05) is 39.3 Å². The van der Waals surface area contributed by atoms with Gasteiger partial charge >= 0.3 is 0 Å². The molecule has 2 heterocycles. The van der Waals surface area contributed by atoms with Gasteiger partial charge in [-0.1, -0.05) is 31.6 Å². The summed E-state index contributed by atoms with van der Waals surface area (Å²) in [6, 6.07) is 7.06. The number of nitrogens with two attached hydrogens (primary N) is 1. The Kier molecular flexibility index (Phi) is 9.95. The number of fused-ring (bicyclic) bond motifs is 1. The van der Waals surface area contributed by atoms with Gasteiger partial charge in [-0.3, -0.25) is 14.7 Å². The van der Waals surface area contributed by atoms with Gasteiger partial charge in [0.25, 0.3) is 0 Å². The predicted molar refractivity (Wildman–Crippen MR) is 136 cm³/mol. The largest absolute Gasteiger partial charge is 0.493 e. The minimum absolute atomic E-state index is 0.209. The number of ether oxygens (including phenoxy) is 1. The van der Waals surface area contributed by atoms with Crippen LogP contribution in [0, 0.1) is 0 Å². The summed E-state index contributed by atoms with van der Waals surface area (Å²) in [6.07, 6.45) is 9.97. The normalized spacial score (nSPS) is 20.9. The summed E-state index contributed by atoms with van der Waals surface area (Å²) in [7, 11) is 0. The molecule has 6 heteroatoms. The molecule has 0 aromatic heterocycles. The van der Waals surface area contributed by atoms with Gasteiger partial charge in [0.2, 0.25) is 5.91 Å². The Morgan fingerprint density at radius 1 is 1.36 bits per heavy atom. The number of hydrogen-bond donors (Lipinski definition) is 1. The van der Waals surface area contributed by atoms with E-state index in [1.165, 1.54) is 11.1 Å². The van der Waals surface area contributed by atoms with Crippen molar-refractivity contribution in [1.82, 2.24) is 9.80 Å². The zero-order valence-electron chi connectivity index (χ0n) is 20.8. The van der Waals surface area contributed by atoms with Gasteiger partial charge in [-0.05, 0) is 62.6 Å². The van der Waals surface area contributed by atoms with Gasteiger partial charge in [0.05, 0.1) is 13.2 Å². The molecule has 33 heavy (non-hydrogen) atoms. The molecule has 2 unspecified atom stereocenters. The van der Waals surface area contributed by atoms with Crippen LogP contribution in [0.25, 0.3) is 0 Å². The fourth-order valence-corrected chi connectivity index (χ4v) is 4.96. The number of rotatable bonds is 12. The standard InChI is InChI=1S/C27H42N4O2/c1-4-6-14-30(15-12-28)27(32)20-31-19-24(18-25(31)9-7-21(3)29-13-5-2)22-8-10-26-23(17-22)11-16-33-26/h5,8,10,13,17,24-25H,4,6-7,9,11-12,14-16,18-20,28H2,1-3H3/b13-5-,29-21?. The maximum Gasteiger partial charge on any atom is 0.236 e. The minimum Gasteiger partial charge on any atom is -0.493 e. The Bertz CT molecular complexity index is 835. The van der Waals surface area contributed by atoms with Crippen LogP contribution in [0.4, 0.5) is 0 Å². The van der Waals surface area contributed by atoms with Gasteiger partial charge in [0.1, 0.15) is 5.75 Å². The lowest BCUT2D eigenvalue weighted by molar-refractivity contribution is -0.132. The van der Waals surface area contributed by atoms with Gasteiger partial charge in [-0.2, -0.15) is 0 Å². The molecule has 2 atom stereocenters. The lowest BCUT2D eigenvalue weighted by atomic mass is 9.93. The maximum atomic E-state index is 13.2. The molecule has 0 spiro atoms. The Balaban J connectivity index is 1.71. The summed E-state index contributed by atoms with van der Waals surface area (Å²) >= 11 is 0. The summed E-state index contributed by atoms with van der Waals surface area (Å²) in [4.78, 5) is 22.1. The van der Waals surface area contributed by atoms with Crippen LogP contribution in [-0.4, -0.2) is 66.8 Å². The number of benzene rings is 1. The van der Waals surface area contributed by atoms with Crippen LogP contribution in [0.1, 0.15) is 69.9 Å². The highest BCUT2D eigenvalue weighted by Crippen LogP contribution is 2.36. The van der Waals surface area contributed by atoms with E-state index in [1.807, 2.05) is 24.1 Å². The van der Waals surface area contributed by atoms with Gasteiger partial charge in [0.15, 0.2) is 0 Å². The van der Waals surface area contributed by atoms with Crippen molar-refractivity contribution >= 4 is 11.6 Å². The van der Waals surface area contributed by atoms with E-state index < -0.39 is 0 Å². The number of likely N-dealkylation sites (tertiary alicyclic amines) is 1. The SMILES string of the molecule is C/C=C\N=C(C)CCC1CC(c2ccc3c(c2)CCO3)CN1CC(=O)N(CCN)CCCC. The third-order valence-corrected chi connectivity index (χ3v) is 6.87. The molecule has 1 aromatic rings. The second-order valence-electron chi connectivity index (χ2n) is 9.39. The Morgan fingerprint density at radius 3 is 2.97 bits per heavy atom. The lowest BCUT2D eigenvalue weighted by Gasteiger charge is -2.28. The van der Waals surface area contributed by atoms with Crippen molar-refractivity contribution in [3.63, 3.8) is 0 Å². The molecule has 1 amide bonds. The molecule has 182 valence electrons. The average Bonchev–Trinajstić information content (AvgIpc) is 3.45. The Labute approximate surface area is 199 Å². The van der Waals surface area contributed by atoms with Gasteiger partial charge in [-0.15, -0.1) is 0 Å². The van der Waals surface area contributed by atoms with Crippen molar-refractivity contribution in [2.45, 2.75) is 71.3 Å². The first-order valence-corrected chi connectivity index (χ1v) is 12.7. The van der Waals surface area contributed by atoms with E-state index in [2.05, 4.69) is 41.9 Å². The van der Waals surface area contributed by atoms with Crippen LogP contribution in [0.2, 0.25) is 0 Å². The number of carbonyl (C=O) groups is 1. The Hall–Kier alpha value is -2.18. The third kappa shape index (κ3) is 7.15. The zero-order valence-corrected chi connectivity index (χ0v) is 20.8. The molecular weight excluding hydrogens is 412 g/mol. The molecule has 3 rings (SSSR count). The average molecular weight is 455 g/mol. The smallest absolute Gasteiger partial charge is 0.236 e. The molecule has 2 aliphatic rings. The van der Waals surface area contributed by atoms with Crippen LogP contribution in [0.5, 0.6) is 5.75 Å². The second kappa shape index (κ2) is 12.9. The van der Waals surface area contributed by atoms with E-state index in [9.17, 15) is 4.79 Å². The molecular formula is C27H42N4O2. The molecule has 1 aromatic carbocycles. The van der Waals surface area contributed by atoms with E-state index >= 15 is 0 Å². The summed E-state index contributed by atoms with van der Waals surface area (Å²) < 4.78 is 5.70. The number of allylic oxidation sites excluding steroid dienone is 1. The van der Waals surface area contributed by atoms with E-state index in [1.54, 1.807) is 0 Å². The zero-order chi connectivity index (χ0) is 23.6. The predicted octanol–water partition coefficient (Wildman–Crippen LogP) is 4.14. The fraction of sp³-hybridized carbons (Fsp3) is 0.630. The van der Waals surface area contributed by atoms with Crippen LogP contribution >= 0.6 is 0 Å². The third-order valence-electron chi connectivity index (χ3n) is 6.87. The number of amides is 1. The van der Waals surface area contributed by atoms with E-state index in [0.717, 1.165) is 69.7 Å². The number of nitrogens with zero attached hydrogens (tertiary/aromatic N) is 3. The van der Waals surface area contributed by atoms with E-state index in [0.29, 0.717) is 31.6 Å². The first-order chi connectivity index (χ1) is 16.0. The first-order valence-electron chi connectivity index (χ1n) is 12.7. The van der Waals surface area contributed by atoms with Gasteiger partial charge in [-0.25, -0.2) is 0 Å². The van der Waals surface area contributed by atoms with Crippen molar-refractivity contribution in [3.8, 4) is 5.75 Å². The number of unbranched alkanes of at least 4 members (excludes halogenated alkanes) is 1. The number of hydrogen-bond acceptors (Lipinski definition) is 5. The molecule has 2 N–H and O–H groups in total. The lowest BCUT2D eigenvalue weighted by Crippen LogP contribution is -2.44. The summed E-state index contributed by atoms with van der Waals surface area (Å²) in [5, 5.41) is 0. The number of carbonyl (C=O) groups excluding carboxylic acids is 1. The molecule has 0 bridgehead atoms. The van der Waals surface area contributed by atoms with E-state index in [4.69, 9.17) is 10.5 Å². The van der Waals surface area contributed by atoms with Crippen molar-refractivity contribution in [2.24, 2.45) is 10.7 Å². The fourth-order valence-electron chi connectivity index (χ4n) is 4.96. The first kappa shape index (κ1) is 25.4. The van der Waals surface area contributed by atoms with E-state index in [-0.39, 0.29) is 5.91 Å². The quantitative estimate of drug-likeness (QED) is 0.482. The highest BCUT2D eigenvalue weighted by Gasteiger charge is 2.35. The molecule has 0 aliphatic carbocycles. The summed E-state index contributed by atoms with van der Waals surface area (Å²) in [5.41, 5.74) is 9.64. The maximum absolute atomic E-state index is 13.2. The van der Waals surface area contributed by atoms with Crippen molar-refractivity contribution < 1.29 is 9.53 Å². The molecule has 0 saturated carbocycles. The monoisotopic (exact) mass is 454 g/mol. The van der Waals surface area contributed by atoms with Crippen molar-refractivity contribution in [1.29, 1.82) is 0 Å². The highest BCUT2D eigenvalue weighted by atomic mass is 16.5. The van der Waals surface area contributed by atoms with Crippen molar-refractivity contribution in [3.05, 3.63) is 41.6 Å². The van der Waals surface area contributed by atoms with Crippen LogP contribution in [-0.2, 0) is 11.2 Å². The molecule has 2 aliphatic heterocycles. The van der Waals surface area contributed by atoms with Crippen LogP contribution in [0.3, 0.4) is 0 Å². The highest BCUT2D eigenvalue weighted by molar-refractivity contribution is 5.82. The second-order valence-corrected chi connectivity index (χ2v) is 9.39. The molecule has 1 fully saturated rings. The number of aliphatic imine (C=N–C) groups is 1. The summed E-state index contributed by atoms with van der Waals surface area (Å²) in [5.74, 6) is 1.69. The van der Waals surface area contributed by atoms with Gasteiger partial charge < -0.3 is 15.4 Å². The molecule has 1 saturated heterocycles. The molecule has 6 nitrogen and oxygen atoms in total. The van der Waals surface area contributed by atoms with Gasteiger partial charge in [0, 0.05) is 50.6 Å².